The first-order valence-corrected chi connectivity index (χ1v) is 8.65. The number of piperidine rings is 1. The van der Waals surface area contributed by atoms with Gasteiger partial charge in [0.05, 0.1) is 24.0 Å². The summed E-state index contributed by atoms with van der Waals surface area (Å²) in [7, 11) is 1.80. The minimum atomic E-state index is 0.397. The lowest BCUT2D eigenvalue weighted by Gasteiger charge is -2.30. The average Bonchev–Trinajstić information content (AvgIpc) is 2.97. The van der Waals surface area contributed by atoms with Crippen molar-refractivity contribution in [2.75, 3.05) is 26.8 Å². The Kier molecular flexibility index (Phi) is 5.53. The number of hydrogen-bond acceptors (Lipinski definition) is 5. The van der Waals surface area contributed by atoms with Crippen LogP contribution in [-0.2, 0) is 11.3 Å². The highest BCUT2D eigenvalue weighted by Crippen LogP contribution is 2.31. The van der Waals surface area contributed by atoms with Gasteiger partial charge in [-0.3, -0.25) is 4.90 Å². The summed E-state index contributed by atoms with van der Waals surface area (Å²) in [6.07, 6.45) is 2.55. The van der Waals surface area contributed by atoms with Crippen LogP contribution in [0.3, 0.4) is 0 Å². The van der Waals surface area contributed by atoms with E-state index in [4.69, 9.17) is 18.9 Å². The van der Waals surface area contributed by atoms with Gasteiger partial charge in [0.25, 0.3) is 0 Å². The molecule has 0 atom stereocenters. The Labute approximate surface area is 143 Å². The maximum atomic E-state index is 5.93. The van der Waals surface area contributed by atoms with Gasteiger partial charge in [0.2, 0.25) is 5.89 Å². The van der Waals surface area contributed by atoms with Crippen LogP contribution in [0.15, 0.2) is 28.7 Å². The normalized spacial score (nSPS) is 16.5. The molecule has 1 fully saturated rings. The molecule has 1 aliphatic heterocycles. The van der Waals surface area contributed by atoms with Gasteiger partial charge in [0, 0.05) is 26.7 Å². The fourth-order valence-electron chi connectivity index (χ4n) is 3.13. The summed E-state index contributed by atoms with van der Waals surface area (Å²) in [5.74, 6) is 2.33. The molecule has 1 aromatic carbocycles. The molecule has 2 aromatic rings. The summed E-state index contributed by atoms with van der Waals surface area (Å²) in [6.45, 7) is 7.48. The number of rotatable bonds is 6. The molecular formula is C19H26N2O3. The highest BCUT2D eigenvalue weighted by molar-refractivity contribution is 5.63. The van der Waals surface area contributed by atoms with Crippen LogP contribution in [0.2, 0.25) is 0 Å². The van der Waals surface area contributed by atoms with Crippen LogP contribution in [0.1, 0.15) is 31.2 Å². The van der Waals surface area contributed by atoms with Crippen LogP contribution in [0.5, 0.6) is 5.75 Å². The average molecular weight is 330 g/mol. The van der Waals surface area contributed by atoms with Crippen LogP contribution in [0.25, 0.3) is 11.5 Å². The summed E-state index contributed by atoms with van der Waals surface area (Å²) < 4.78 is 17.1. The Morgan fingerprint density at radius 1 is 1.25 bits per heavy atom. The van der Waals surface area contributed by atoms with Gasteiger partial charge in [-0.1, -0.05) is 12.1 Å². The maximum Gasteiger partial charge on any atom is 0.230 e. The van der Waals surface area contributed by atoms with E-state index in [1.807, 2.05) is 38.1 Å². The number of ether oxygens (including phenoxy) is 2. The molecule has 5 heteroatoms. The number of benzene rings is 1. The van der Waals surface area contributed by atoms with Crippen molar-refractivity contribution < 1.29 is 13.9 Å². The molecule has 0 N–H and O–H groups in total. The third kappa shape index (κ3) is 3.79. The molecule has 0 unspecified atom stereocenters. The lowest BCUT2D eigenvalue weighted by atomic mass is 10.1. The van der Waals surface area contributed by atoms with E-state index in [9.17, 15) is 0 Å². The van der Waals surface area contributed by atoms with Crippen molar-refractivity contribution in [3.05, 3.63) is 35.7 Å². The lowest BCUT2D eigenvalue weighted by molar-refractivity contribution is 0.0384. The molecule has 3 rings (SSSR count). The Hall–Kier alpha value is -1.85. The monoisotopic (exact) mass is 330 g/mol. The number of aromatic nitrogens is 1. The fourth-order valence-corrected chi connectivity index (χ4v) is 3.13. The van der Waals surface area contributed by atoms with Gasteiger partial charge in [-0.25, -0.2) is 4.98 Å². The van der Waals surface area contributed by atoms with Crippen molar-refractivity contribution in [1.82, 2.24) is 9.88 Å². The van der Waals surface area contributed by atoms with Crippen molar-refractivity contribution >= 4 is 0 Å². The van der Waals surface area contributed by atoms with Crippen molar-refractivity contribution in [2.24, 2.45) is 0 Å². The quantitative estimate of drug-likeness (QED) is 0.809. The molecule has 0 aliphatic carbocycles. The summed E-state index contributed by atoms with van der Waals surface area (Å²) in [5, 5.41) is 0. The van der Waals surface area contributed by atoms with Gasteiger partial charge in [0.1, 0.15) is 11.5 Å². The van der Waals surface area contributed by atoms with E-state index in [1.165, 1.54) is 0 Å². The predicted octanol–water partition coefficient (Wildman–Crippen LogP) is 3.66. The van der Waals surface area contributed by atoms with Gasteiger partial charge >= 0.3 is 0 Å². The summed E-state index contributed by atoms with van der Waals surface area (Å²) >= 11 is 0. The lowest BCUT2D eigenvalue weighted by Crippen LogP contribution is -2.36. The summed E-state index contributed by atoms with van der Waals surface area (Å²) in [5.41, 5.74) is 1.92. The molecule has 0 saturated carbocycles. The highest BCUT2D eigenvalue weighted by atomic mass is 16.5. The first kappa shape index (κ1) is 17.0. The Morgan fingerprint density at radius 2 is 2.00 bits per heavy atom. The van der Waals surface area contributed by atoms with E-state index in [0.29, 0.717) is 18.6 Å². The second kappa shape index (κ2) is 7.81. The SMILES string of the molecule is CCOc1ccccc1-c1nc(CN2CCC(OC)CC2)c(C)o1. The zero-order valence-corrected chi connectivity index (χ0v) is 14.7. The molecule has 0 amide bonds. The van der Waals surface area contributed by atoms with Crippen molar-refractivity contribution in [3.63, 3.8) is 0 Å². The van der Waals surface area contributed by atoms with Gasteiger partial charge in [-0.15, -0.1) is 0 Å². The van der Waals surface area contributed by atoms with E-state index < -0.39 is 0 Å². The molecule has 2 heterocycles. The van der Waals surface area contributed by atoms with E-state index in [1.54, 1.807) is 7.11 Å². The third-order valence-corrected chi connectivity index (χ3v) is 4.55. The molecule has 1 saturated heterocycles. The molecular weight excluding hydrogens is 304 g/mol. The number of para-hydroxylation sites is 1. The van der Waals surface area contributed by atoms with Crippen LogP contribution in [0, 0.1) is 6.92 Å². The van der Waals surface area contributed by atoms with E-state index >= 15 is 0 Å². The number of hydrogen-bond donors (Lipinski definition) is 0. The van der Waals surface area contributed by atoms with Crippen molar-refractivity contribution in [3.8, 4) is 17.2 Å². The number of oxazole rings is 1. The molecule has 5 nitrogen and oxygen atoms in total. The third-order valence-electron chi connectivity index (χ3n) is 4.55. The minimum absolute atomic E-state index is 0.397. The summed E-state index contributed by atoms with van der Waals surface area (Å²) in [4.78, 5) is 7.15. The highest BCUT2D eigenvalue weighted by Gasteiger charge is 2.21. The van der Waals surface area contributed by atoms with Crippen molar-refractivity contribution in [2.45, 2.75) is 39.3 Å². The largest absolute Gasteiger partial charge is 0.493 e. The zero-order chi connectivity index (χ0) is 16.9. The number of aryl methyl sites for hydroxylation is 1. The van der Waals surface area contributed by atoms with Gasteiger partial charge < -0.3 is 13.9 Å². The summed E-state index contributed by atoms with van der Waals surface area (Å²) in [6, 6.07) is 7.88. The molecule has 1 aromatic heterocycles. The number of nitrogens with zero attached hydrogens (tertiary/aromatic N) is 2. The Balaban J connectivity index is 1.74. The number of methoxy groups -OCH3 is 1. The van der Waals surface area contributed by atoms with Gasteiger partial charge in [-0.2, -0.15) is 0 Å². The van der Waals surface area contributed by atoms with Gasteiger partial charge in [-0.05, 0) is 38.8 Å². The standard InChI is InChI=1S/C19H26N2O3/c1-4-23-18-8-6-5-7-16(18)19-20-17(14(2)24-19)13-21-11-9-15(22-3)10-12-21/h5-8,15H,4,9-13H2,1-3H3. The van der Waals surface area contributed by atoms with Crippen molar-refractivity contribution in [1.29, 1.82) is 0 Å². The van der Waals surface area contributed by atoms with Crippen LogP contribution < -0.4 is 4.74 Å². The molecule has 24 heavy (non-hydrogen) atoms. The smallest absolute Gasteiger partial charge is 0.230 e. The molecule has 0 bridgehead atoms. The van der Waals surface area contributed by atoms with E-state index in [0.717, 1.165) is 55.2 Å². The molecule has 0 spiro atoms. The first-order chi connectivity index (χ1) is 11.7. The first-order valence-electron chi connectivity index (χ1n) is 8.65. The maximum absolute atomic E-state index is 5.93. The Bertz CT molecular complexity index is 660. The van der Waals surface area contributed by atoms with Gasteiger partial charge in [0.15, 0.2) is 0 Å². The molecule has 130 valence electrons. The van der Waals surface area contributed by atoms with Crippen LogP contribution in [0.4, 0.5) is 0 Å². The minimum Gasteiger partial charge on any atom is -0.493 e. The molecule has 1 aliphatic rings. The second-order valence-electron chi connectivity index (χ2n) is 6.16. The van der Waals surface area contributed by atoms with Crippen LogP contribution >= 0.6 is 0 Å². The zero-order valence-electron chi connectivity index (χ0n) is 14.7. The topological polar surface area (TPSA) is 47.7 Å². The Morgan fingerprint density at radius 3 is 2.71 bits per heavy atom. The predicted molar refractivity (Wildman–Crippen MR) is 93.2 cm³/mol. The fraction of sp³-hybridized carbons (Fsp3) is 0.526. The van der Waals surface area contributed by atoms with E-state index in [-0.39, 0.29) is 0 Å². The molecule has 0 radical (unpaired) electrons. The van der Waals surface area contributed by atoms with Crippen LogP contribution in [-0.4, -0.2) is 42.8 Å². The number of likely N-dealkylation sites (tertiary alicyclic amines) is 1. The second-order valence-corrected chi connectivity index (χ2v) is 6.16. The van der Waals surface area contributed by atoms with E-state index in [2.05, 4.69) is 4.90 Å².